The van der Waals surface area contributed by atoms with Crippen molar-refractivity contribution in [2.24, 2.45) is 0 Å². The first-order chi connectivity index (χ1) is 11.7. The first-order valence-corrected chi connectivity index (χ1v) is 11.2. The number of thiophene rings is 1. The maximum Gasteiger partial charge on any atom is 0.273 e. The second-order valence-electron chi connectivity index (χ2n) is 5.21. The zero-order valence-corrected chi connectivity index (χ0v) is 15.7. The van der Waals surface area contributed by atoms with E-state index in [2.05, 4.69) is 14.8 Å². The number of rotatable bonds is 5. The molecule has 0 aliphatic carbocycles. The monoisotopic (exact) mass is 398 g/mol. The van der Waals surface area contributed by atoms with Crippen LogP contribution >= 0.6 is 11.3 Å². The summed E-state index contributed by atoms with van der Waals surface area (Å²) in [6, 6.07) is 10.3. The van der Waals surface area contributed by atoms with E-state index in [0.29, 0.717) is 5.82 Å². The van der Waals surface area contributed by atoms with Crippen LogP contribution in [0.3, 0.4) is 0 Å². The molecule has 0 bridgehead atoms. The van der Waals surface area contributed by atoms with Crippen LogP contribution in [0.2, 0.25) is 0 Å². The highest BCUT2D eigenvalue weighted by molar-refractivity contribution is 7.95. The van der Waals surface area contributed by atoms with Crippen LogP contribution < -0.4 is 4.72 Å². The van der Waals surface area contributed by atoms with Gasteiger partial charge in [0.05, 0.1) is 10.6 Å². The predicted octanol–water partition coefficient (Wildman–Crippen LogP) is 1.84. The molecular weight excluding hydrogens is 384 g/mol. The fraction of sp³-hybridized carbons (Fsp3) is 0.143. The van der Waals surface area contributed by atoms with Crippen molar-refractivity contribution < 1.29 is 16.8 Å². The number of para-hydroxylation sites is 1. The lowest BCUT2D eigenvalue weighted by Gasteiger charge is -2.02. The third-order valence-corrected chi connectivity index (χ3v) is 7.25. The molecular formula is C14H14N4O4S3. The molecule has 8 nitrogen and oxygen atoms in total. The topological polar surface area (TPSA) is 111 Å². The molecule has 0 fully saturated rings. The van der Waals surface area contributed by atoms with Crippen LogP contribution in [0.4, 0.5) is 5.95 Å². The van der Waals surface area contributed by atoms with E-state index >= 15 is 0 Å². The van der Waals surface area contributed by atoms with E-state index < -0.39 is 19.9 Å². The van der Waals surface area contributed by atoms with Crippen LogP contribution in [0.25, 0.3) is 5.69 Å². The standard InChI is InChI=1S/C14H14N4O4S3/c1-10-15-14(16-18(10)11-6-4-3-5-7-11)17-25(21,22)13-8-12(9-23-13)24(2,19)20/h3-9H,1-2H3,(H,16,17). The Morgan fingerprint density at radius 1 is 1.12 bits per heavy atom. The molecule has 0 saturated carbocycles. The molecule has 0 unspecified atom stereocenters. The number of aromatic nitrogens is 3. The highest BCUT2D eigenvalue weighted by Gasteiger charge is 2.22. The van der Waals surface area contributed by atoms with Crippen LogP contribution in [-0.4, -0.2) is 37.9 Å². The van der Waals surface area contributed by atoms with E-state index in [9.17, 15) is 16.8 Å². The maximum atomic E-state index is 12.4. The summed E-state index contributed by atoms with van der Waals surface area (Å²) in [7, 11) is -7.44. The highest BCUT2D eigenvalue weighted by atomic mass is 32.2. The van der Waals surface area contributed by atoms with E-state index in [1.807, 2.05) is 30.3 Å². The van der Waals surface area contributed by atoms with Gasteiger partial charge in [-0.1, -0.05) is 18.2 Å². The van der Waals surface area contributed by atoms with Crippen molar-refractivity contribution in [1.29, 1.82) is 0 Å². The van der Waals surface area contributed by atoms with Crippen molar-refractivity contribution in [3.63, 3.8) is 0 Å². The van der Waals surface area contributed by atoms with Gasteiger partial charge in [-0.25, -0.2) is 26.2 Å². The Hall–Kier alpha value is -2.24. The molecule has 0 aliphatic heterocycles. The van der Waals surface area contributed by atoms with Gasteiger partial charge < -0.3 is 0 Å². The van der Waals surface area contributed by atoms with Crippen LogP contribution in [0, 0.1) is 6.92 Å². The van der Waals surface area contributed by atoms with Gasteiger partial charge in [-0.15, -0.1) is 16.4 Å². The Balaban J connectivity index is 1.91. The Morgan fingerprint density at radius 2 is 1.80 bits per heavy atom. The van der Waals surface area contributed by atoms with Crippen molar-refractivity contribution in [2.45, 2.75) is 16.0 Å². The minimum Gasteiger partial charge on any atom is -0.245 e. The quantitative estimate of drug-likeness (QED) is 0.702. The molecule has 1 N–H and O–H groups in total. The molecule has 0 amide bonds. The van der Waals surface area contributed by atoms with Crippen molar-refractivity contribution in [1.82, 2.24) is 14.8 Å². The first kappa shape index (κ1) is 17.6. The first-order valence-electron chi connectivity index (χ1n) is 6.97. The number of hydrogen-bond donors (Lipinski definition) is 1. The largest absolute Gasteiger partial charge is 0.273 e. The van der Waals surface area contributed by atoms with Crippen molar-refractivity contribution in [3.8, 4) is 5.69 Å². The minimum atomic E-state index is -3.97. The summed E-state index contributed by atoms with van der Waals surface area (Å²) >= 11 is 0.818. The molecule has 2 heterocycles. The van der Waals surface area contributed by atoms with Gasteiger partial charge >= 0.3 is 0 Å². The van der Waals surface area contributed by atoms with Gasteiger partial charge in [-0.2, -0.15) is 4.98 Å². The number of hydrogen-bond acceptors (Lipinski definition) is 7. The van der Waals surface area contributed by atoms with Gasteiger partial charge in [-0.05, 0) is 25.1 Å². The summed E-state index contributed by atoms with van der Waals surface area (Å²) in [6.07, 6.45) is 1.02. The molecule has 0 atom stereocenters. The van der Waals surface area contributed by atoms with Gasteiger partial charge in [-0.3, -0.25) is 0 Å². The van der Waals surface area contributed by atoms with Crippen LogP contribution in [-0.2, 0) is 19.9 Å². The fourth-order valence-corrected chi connectivity index (χ4v) is 5.36. The molecule has 0 spiro atoms. The normalized spacial score (nSPS) is 12.2. The van der Waals surface area contributed by atoms with E-state index in [4.69, 9.17) is 0 Å². The summed E-state index contributed by atoms with van der Waals surface area (Å²) in [6.45, 7) is 1.70. The second-order valence-corrected chi connectivity index (χ2v) is 10.0. The average molecular weight is 398 g/mol. The zero-order valence-electron chi connectivity index (χ0n) is 13.2. The third-order valence-electron chi connectivity index (χ3n) is 3.24. The average Bonchev–Trinajstić information content (AvgIpc) is 3.15. The van der Waals surface area contributed by atoms with Gasteiger partial charge in [0.1, 0.15) is 10.0 Å². The van der Waals surface area contributed by atoms with Crippen LogP contribution in [0.5, 0.6) is 0 Å². The van der Waals surface area contributed by atoms with E-state index in [0.717, 1.165) is 29.3 Å². The van der Waals surface area contributed by atoms with Gasteiger partial charge in [0.15, 0.2) is 9.84 Å². The third kappa shape index (κ3) is 3.72. The molecule has 3 rings (SSSR count). The summed E-state index contributed by atoms with van der Waals surface area (Å²) in [5, 5.41) is 5.43. The molecule has 0 radical (unpaired) electrons. The molecule has 0 saturated heterocycles. The summed E-state index contributed by atoms with van der Waals surface area (Å²) in [5.41, 5.74) is 0.744. The number of sulfonamides is 1. The van der Waals surface area contributed by atoms with E-state index in [1.54, 1.807) is 6.92 Å². The molecule has 3 aromatic rings. The van der Waals surface area contributed by atoms with Gasteiger partial charge in [0.2, 0.25) is 0 Å². The zero-order chi connectivity index (χ0) is 18.2. The van der Waals surface area contributed by atoms with E-state index in [1.165, 1.54) is 10.1 Å². The molecule has 25 heavy (non-hydrogen) atoms. The predicted molar refractivity (Wildman–Crippen MR) is 94.3 cm³/mol. The number of benzene rings is 1. The lowest BCUT2D eigenvalue weighted by molar-refractivity contribution is 0.602. The lowest BCUT2D eigenvalue weighted by atomic mass is 10.3. The number of anilines is 1. The number of sulfone groups is 1. The maximum absolute atomic E-state index is 12.4. The van der Waals surface area contributed by atoms with E-state index in [-0.39, 0.29) is 15.1 Å². The van der Waals surface area contributed by atoms with Crippen molar-refractivity contribution in [2.75, 3.05) is 11.0 Å². The summed E-state index contributed by atoms with van der Waals surface area (Å²) in [5.74, 6) is 0.419. The molecule has 11 heteroatoms. The fourth-order valence-electron chi connectivity index (χ4n) is 2.05. The number of aryl methyl sites for hydroxylation is 1. The second kappa shape index (κ2) is 6.24. The van der Waals surface area contributed by atoms with Crippen LogP contribution in [0.15, 0.2) is 50.9 Å². The molecule has 132 valence electrons. The highest BCUT2D eigenvalue weighted by Crippen LogP contribution is 2.25. The van der Waals surface area contributed by atoms with Crippen molar-refractivity contribution in [3.05, 3.63) is 47.6 Å². The minimum absolute atomic E-state index is 0.0446. The molecule has 2 aromatic heterocycles. The smallest absolute Gasteiger partial charge is 0.245 e. The Labute approximate surface area is 149 Å². The Bertz CT molecular complexity index is 1120. The molecule has 1 aromatic carbocycles. The van der Waals surface area contributed by atoms with Crippen molar-refractivity contribution >= 4 is 37.1 Å². The van der Waals surface area contributed by atoms with Crippen LogP contribution in [0.1, 0.15) is 5.82 Å². The van der Waals surface area contributed by atoms with Gasteiger partial charge in [0.25, 0.3) is 16.0 Å². The summed E-state index contributed by atoms with van der Waals surface area (Å²) < 4.78 is 51.5. The molecule has 0 aliphatic rings. The lowest BCUT2D eigenvalue weighted by Crippen LogP contribution is -2.13. The van der Waals surface area contributed by atoms with Gasteiger partial charge in [0, 0.05) is 11.6 Å². The number of nitrogens with one attached hydrogen (secondary N) is 1. The summed E-state index contributed by atoms with van der Waals surface area (Å²) in [4.78, 5) is 4.06. The SMILES string of the molecule is Cc1nc(NS(=O)(=O)c2cc(S(C)(=O)=O)cs2)nn1-c1ccccc1. The number of nitrogens with zero attached hydrogens (tertiary/aromatic N) is 3. The Kier molecular flexibility index (Phi) is 4.39. The Morgan fingerprint density at radius 3 is 2.40 bits per heavy atom.